The number of hydrogen-bond acceptors (Lipinski definition) is 6. The zero-order chi connectivity index (χ0) is 16.2. The van der Waals surface area contributed by atoms with Gasteiger partial charge in [-0.3, -0.25) is 9.69 Å². The summed E-state index contributed by atoms with van der Waals surface area (Å²) in [6, 6.07) is -0.140. The van der Waals surface area contributed by atoms with Crippen molar-refractivity contribution in [2.75, 3.05) is 25.1 Å². The summed E-state index contributed by atoms with van der Waals surface area (Å²) in [7, 11) is 1.66. The summed E-state index contributed by atoms with van der Waals surface area (Å²) in [6.45, 7) is 1.23. The molecule has 1 aliphatic carbocycles. The first-order valence-electron chi connectivity index (χ1n) is 7.89. The van der Waals surface area contributed by atoms with E-state index in [-0.39, 0.29) is 30.6 Å². The van der Waals surface area contributed by atoms with Crippen molar-refractivity contribution in [1.82, 2.24) is 10.3 Å². The molecule has 8 heteroatoms. The Hall–Kier alpha value is -1.67. The number of nitrogens with zero attached hydrogens (tertiary/aromatic N) is 2. The molecule has 1 saturated heterocycles. The SMILES string of the molecule is CO[C@H]1CCCC[C@H]1OC(=O)Cc1csc(N2CCNC2=O)n1. The van der Waals surface area contributed by atoms with Gasteiger partial charge in [0.25, 0.3) is 0 Å². The maximum Gasteiger partial charge on any atom is 0.323 e. The summed E-state index contributed by atoms with van der Waals surface area (Å²) in [5.41, 5.74) is 0.638. The van der Waals surface area contributed by atoms with Crippen LogP contribution < -0.4 is 10.2 Å². The van der Waals surface area contributed by atoms with E-state index in [4.69, 9.17) is 9.47 Å². The number of thiazole rings is 1. The monoisotopic (exact) mass is 339 g/mol. The number of urea groups is 1. The Kier molecular flexibility index (Phi) is 5.12. The van der Waals surface area contributed by atoms with Crippen molar-refractivity contribution in [3.8, 4) is 0 Å². The van der Waals surface area contributed by atoms with Gasteiger partial charge in [0.1, 0.15) is 6.10 Å². The molecule has 1 N–H and O–H groups in total. The summed E-state index contributed by atoms with van der Waals surface area (Å²) in [5, 5.41) is 5.15. The van der Waals surface area contributed by atoms with Crippen LogP contribution in [0.15, 0.2) is 5.38 Å². The molecule has 0 bridgehead atoms. The molecule has 7 nitrogen and oxygen atoms in total. The summed E-state index contributed by atoms with van der Waals surface area (Å²) < 4.78 is 11.0. The Labute approximate surface area is 139 Å². The number of nitrogens with one attached hydrogen (secondary N) is 1. The first kappa shape index (κ1) is 16.2. The van der Waals surface area contributed by atoms with Crippen LogP contribution >= 0.6 is 11.3 Å². The second-order valence-electron chi connectivity index (χ2n) is 5.77. The van der Waals surface area contributed by atoms with Crippen LogP contribution in [-0.4, -0.2) is 49.4 Å². The molecule has 2 heterocycles. The van der Waals surface area contributed by atoms with Crippen molar-refractivity contribution < 1.29 is 19.1 Å². The van der Waals surface area contributed by atoms with Gasteiger partial charge in [-0.2, -0.15) is 0 Å². The molecule has 126 valence electrons. The summed E-state index contributed by atoms with van der Waals surface area (Å²) in [6.07, 6.45) is 3.90. The lowest BCUT2D eigenvalue weighted by Gasteiger charge is -2.29. The van der Waals surface area contributed by atoms with Crippen molar-refractivity contribution in [3.05, 3.63) is 11.1 Å². The fourth-order valence-electron chi connectivity index (χ4n) is 2.98. The lowest BCUT2D eigenvalue weighted by molar-refractivity contribution is -0.158. The predicted octanol–water partition coefficient (Wildman–Crippen LogP) is 1.72. The van der Waals surface area contributed by atoms with Gasteiger partial charge in [0, 0.05) is 25.6 Å². The Morgan fingerprint density at radius 1 is 1.43 bits per heavy atom. The number of hydrogen-bond donors (Lipinski definition) is 1. The number of aromatic nitrogens is 1. The fraction of sp³-hybridized carbons (Fsp3) is 0.667. The first-order valence-corrected chi connectivity index (χ1v) is 8.77. The standard InChI is InChI=1S/C15H21N3O4S/c1-21-11-4-2-3-5-12(11)22-13(19)8-10-9-23-15(17-10)18-7-6-16-14(18)20/h9,11-12H,2-8H2,1H3,(H,16,20)/t11-,12+/m0/s1. The third-order valence-electron chi connectivity index (χ3n) is 4.18. The number of carbonyl (C=O) groups excluding carboxylic acids is 2. The van der Waals surface area contributed by atoms with Gasteiger partial charge in [0.2, 0.25) is 0 Å². The number of esters is 1. The maximum absolute atomic E-state index is 12.1. The topological polar surface area (TPSA) is 80.8 Å². The van der Waals surface area contributed by atoms with Crippen LogP contribution in [0.1, 0.15) is 31.4 Å². The van der Waals surface area contributed by atoms with Crippen molar-refractivity contribution >= 4 is 28.5 Å². The highest BCUT2D eigenvalue weighted by Gasteiger charge is 2.29. The maximum atomic E-state index is 12.1. The number of rotatable bonds is 5. The molecule has 23 heavy (non-hydrogen) atoms. The minimum atomic E-state index is -0.290. The Balaban J connectivity index is 1.55. The molecule has 2 fully saturated rings. The Morgan fingerprint density at radius 2 is 2.22 bits per heavy atom. The lowest BCUT2D eigenvalue weighted by atomic mass is 9.94. The molecule has 1 aliphatic heterocycles. The molecular formula is C15H21N3O4S. The highest BCUT2D eigenvalue weighted by molar-refractivity contribution is 7.14. The van der Waals surface area contributed by atoms with Crippen LogP contribution in [-0.2, 0) is 20.7 Å². The molecule has 2 amide bonds. The van der Waals surface area contributed by atoms with Gasteiger partial charge < -0.3 is 14.8 Å². The number of anilines is 1. The average Bonchev–Trinajstić information content (AvgIpc) is 3.16. The predicted molar refractivity (Wildman–Crippen MR) is 85.7 cm³/mol. The second-order valence-corrected chi connectivity index (χ2v) is 6.61. The van der Waals surface area contributed by atoms with Gasteiger partial charge in [-0.15, -0.1) is 11.3 Å². The summed E-state index contributed by atoms with van der Waals surface area (Å²) in [4.78, 5) is 29.7. The van der Waals surface area contributed by atoms with Gasteiger partial charge in [-0.25, -0.2) is 9.78 Å². The van der Waals surface area contributed by atoms with E-state index in [2.05, 4.69) is 10.3 Å². The smallest absolute Gasteiger partial charge is 0.323 e. The molecule has 0 unspecified atom stereocenters. The van der Waals surface area contributed by atoms with Crippen molar-refractivity contribution in [2.24, 2.45) is 0 Å². The Bertz CT molecular complexity index is 577. The van der Waals surface area contributed by atoms with Crippen LogP contribution in [0.3, 0.4) is 0 Å². The van der Waals surface area contributed by atoms with Crippen molar-refractivity contribution in [3.63, 3.8) is 0 Å². The van der Waals surface area contributed by atoms with E-state index < -0.39 is 0 Å². The largest absolute Gasteiger partial charge is 0.459 e. The van der Waals surface area contributed by atoms with Crippen LogP contribution in [0.2, 0.25) is 0 Å². The average molecular weight is 339 g/mol. The van der Waals surface area contributed by atoms with E-state index in [0.29, 0.717) is 23.9 Å². The molecule has 1 saturated carbocycles. The lowest BCUT2D eigenvalue weighted by Crippen LogP contribution is -2.36. The molecule has 0 aromatic carbocycles. The first-order chi connectivity index (χ1) is 11.2. The third kappa shape index (κ3) is 3.81. The van der Waals surface area contributed by atoms with Crippen LogP contribution in [0, 0.1) is 0 Å². The zero-order valence-electron chi connectivity index (χ0n) is 13.1. The van der Waals surface area contributed by atoms with Gasteiger partial charge >= 0.3 is 12.0 Å². The van der Waals surface area contributed by atoms with Gasteiger partial charge in [0.15, 0.2) is 5.13 Å². The molecule has 3 rings (SSSR count). The van der Waals surface area contributed by atoms with Gasteiger partial charge in [0.05, 0.1) is 18.2 Å². The van der Waals surface area contributed by atoms with Crippen molar-refractivity contribution in [1.29, 1.82) is 0 Å². The molecular weight excluding hydrogens is 318 g/mol. The number of amides is 2. The van der Waals surface area contributed by atoms with Gasteiger partial charge in [-0.1, -0.05) is 6.42 Å². The molecule has 2 atom stereocenters. The van der Waals surface area contributed by atoms with Gasteiger partial charge in [-0.05, 0) is 19.3 Å². The highest BCUT2D eigenvalue weighted by atomic mass is 32.1. The highest BCUT2D eigenvalue weighted by Crippen LogP contribution is 2.25. The molecule has 0 spiro atoms. The minimum absolute atomic E-state index is 0.00742. The molecule has 2 aliphatic rings. The summed E-state index contributed by atoms with van der Waals surface area (Å²) >= 11 is 1.37. The van der Waals surface area contributed by atoms with E-state index >= 15 is 0 Å². The van der Waals surface area contributed by atoms with E-state index in [9.17, 15) is 9.59 Å². The summed E-state index contributed by atoms with van der Waals surface area (Å²) in [5.74, 6) is -0.290. The number of ether oxygens (including phenoxy) is 2. The van der Waals surface area contributed by atoms with Crippen LogP contribution in [0.5, 0.6) is 0 Å². The fourth-order valence-corrected chi connectivity index (χ4v) is 3.83. The minimum Gasteiger partial charge on any atom is -0.459 e. The van der Waals surface area contributed by atoms with E-state index in [1.54, 1.807) is 17.4 Å². The molecule has 1 aromatic rings. The third-order valence-corrected chi connectivity index (χ3v) is 5.09. The van der Waals surface area contributed by atoms with Crippen molar-refractivity contribution in [2.45, 2.75) is 44.3 Å². The van der Waals surface area contributed by atoms with E-state index in [0.717, 1.165) is 25.7 Å². The number of methoxy groups -OCH3 is 1. The quantitative estimate of drug-likeness (QED) is 0.826. The number of carbonyl (C=O) groups is 2. The molecule has 0 radical (unpaired) electrons. The van der Waals surface area contributed by atoms with E-state index in [1.165, 1.54) is 11.3 Å². The van der Waals surface area contributed by atoms with Crippen LogP contribution in [0.25, 0.3) is 0 Å². The Morgan fingerprint density at radius 3 is 2.91 bits per heavy atom. The van der Waals surface area contributed by atoms with Crippen LogP contribution in [0.4, 0.5) is 9.93 Å². The second kappa shape index (κ2) is 7.27. The van der Waals surface area contributed by atoms with E-state index in [1.807, 2.05) is 0 Å². The molecule has 1 aromatic heterocycles. The normalized spacial score (nSPS) is 24.6. The zero-order valence-corrected chi connectivity index (χ0v) is 13.9.